The van der Waals surface area contributed by atoms with Crippen molar-refractivity contribution in [1.29, 1.82) is 0 Å². The SMILES string of the molecule is Cc1cc(C)cc(-n2ncc3c(=O)n(CC(O)COC4CCOCC4)cnc32)c1. The quantitative estimate of drug-likeness (QED) is 0.680. The Morgan fingerprint density at radius 2 is 1.97 bits per heavy atom. The van der Waals surface area contributed by atoms with Crippen molar-refractivity contribution in [3.05, 3.63) is 52.2 Å². The summed E-state index contributed by atoms with van der Waals surface area (Å²) >= 11 is 0. The van der Waals surface area contributed by atoms with Gasteiger partial charge in [-0.1, -0.05) is 6.07 Å². The van der Waals surface area contributed by atoms with Gasteiger partial charge in [0.25, 0.3) is 5.56 Å². The van der Waals surface area contributed by atoms with Gasteiger partial charge in [-0.2, -0.15) is 5.10 Å². The van der Waals surface area contributed by atoms with E-state index in [0.717, 1.165) is 29.7 Å². The van der Waals surface area contributed by atoms with Gasteiger partial charge in [0.05, 0.1) is 37.2 Å². The Morgan fingerprint density at radius 3 is 2.69 bits per heavy atom. The van der Waals surface area contributed by atoms with Gasteiger partial charge in [-0.3, -0.25) is 9.36 Å². The summed E-state index contributed by atoms with van der Waals surface area (Å²) in [6, 6.07) is 6.09. The summed E-state index contributed by atoms with van der Waals surface area (Å²) in [5, 5.41) is 15.1. The van der Waals surface area contributed by atoms with E-state index in [1.807, 2.05) is 26.0 Å². The number of aliphatic hydroxyl groups excluding tert-OH is 1. The second-order valence-corrected chi connectivity index (χ2v) is 7.64. The van der Waals surface area contributed by atoms with Gasteiger partial charge in [0, 0.05) is 13.2 Å². The molecule has 29 heavy (non-hydrogen) atoms. The molecule has 0 radical (unpaired) electrons. The van der Waals surface area contributed by atoms with Crippen LogP contribution >= 0.6 is 0 Å². The molecule has 1 atom stereocenters. The number of rotatable bonds is 6. The molecule has 0 saturated carbocycles. The standard InChI is InChI=1S/C21H26N4O4/c1-14-7-15(2)9-16(8-14)25-20-19(10-23-25)21(27)24(13-22-20)11-17(26)12-29-18-3-5-28-6-4-18/h7-10,13,17-18,26H,3-6,11-12H2,1-2H3. The minimum absolute atomic E-state index is 0.103. The van der Waals surface area contributed by atoms with Crippen LogP contribution < -0.4 is 5.56 Å². The summed E-state index contributed by atoms with van der Waals surface area (Å²) in [7, 11) is 0. The Labute approximate surface area is 168 Å². The molecule has 3 aromatic rings. The molecule has 154 valence electrons. The molecule has 3 heterocycles. The number of hydrogen-bond donors (Lipinski definition) is 1. The Hall–Kier alpha value is -2.55. The van der Waals surface area contributed by atoms with E-state index >= 15 is 0 Å². The van der Waals surface area contributed by atoms with Crippen molar-refractivity contribution in [2.45, 2.75) is 45.4 Å². The van der Waals surface area contributed by atoms with Crippen molar-refractivity contribution in [2.24, 2.45) is 0 Å². The molecule has 0 bridgehead atoms. The van der Waals surface area contributed by atoms with Gasteiger partial charge < -0.3 is 14.6 Å². The lowest BCUT2D eigenvalue weighted by Crippen LogP contribution is -2.32. The second kappa shape index (κ2) is 8.44. The Kier molecular flexibility index (Phi) is 5.75. The van der Waals surface area contributed by atoms with Gasteiger partial charge in [0.1, 0.15) is 11.7 Å². The smallest absolute Gasteiger partial charge is 0.264 e. The van der Waals surface area contributed by atoms with Gasteiger partial charge in [-0.25, -0.2) is 9.67 Å². The normalized spacial score (nSPS) is 16.4. The first-order valence-electron chi connectivity index (χ1n) is 9.90. The second-order valence-electron chi connectivity index (χ2n) is 7.64. The molecule has 1 unspecified atom stereocenters. The van der Waals surface area contributed by atoms with E-state index in [-0.39, 0.29) is 24.8 Å². The van der Waals surface area contributed by atoms with Crippen LogP contribution in [0.15, 0.2) is 35.5 Å². The van der Waals surface area contributed by atoms with Crippen LogP contribution in [0.4, 0.5) is 0 Å². The molecule has 1 aliphatic rings. The number of fused-ring (bicyclic) bond motifs is 1. The Bertz CT molecular complexity index is 1030. The average molecular weight is 398 g/mol. The fourth-order valence-electron chi connectivity index (χ4n) is 3.71. The summed E-state index contributed by atoms with van der Waals surface area (Å²) < 4.78 is 14.1. The number of nitrogens with zero attached hydrogens (tertiary/aromatic N) is 4. The molecule has 1 N–H and O–H groups in total. The highest BCUT2D eigenvalue weighted by Gasteiger charge is 2.18. The van der Waals surface area contributed by atoms with Crippen molar-refractivity contribution >= 4 is 11.0 Å². The van der Waals surface area contributed by atoms with Gasteiger partial charge in [0.2, 0.25) is 0 Å². The zero-order valence-corrected chi connectivity index (χ0v) is 16.7. The van der Waals surface area contributed by atoms with Crippen LogP contribution in [0.1, 0.15) is 24.0 Å². The largest absolute Gasteiger partial charge is 0.389 e. The predicted octanol–water partition coefficient (Wildman–Crippen LogP) is 1.76. The molecular formula is C21H26N4O4. The monoisotopic (exact) mass is 398 g/mol. The molecule has 1 fully saturated rings. The summed E-state index contributed by atoms with van der Waals surface area (Å²) in [5.41, 5.74) is 3.38. The maximum absolute atomic E-state index is 12.8. The van der Waals surface area contributed by atoms with Gasteiger partial charge in [-0.15, -0.1) is 0 Å². The first-order chi connectivity index (χ1) is 14.0. The highest BCUT2D eigenvalue weighted by molar-refractivity contribution is 5.75. The molecule has 1 saturated heterocycles. The lowest BCUT2D eigenvalue weighted by molar-refractivity contribution is -0.0618. The van der Waals surface area contributed by atoms with Gasteiger partial charge in [0.15, 0.2) is 5.65 Å². The summed E-state index contributed by atoms with van der Waals surface area (Å²) in [6.45, 7) is 5.71. The Morgan fingerprint density at radius 1 is 1.24 bits per heavy atom. The van der Waals surface area contributed by atoms with E-state index in [0.29, 0.717) is 24.2 Å². The topological polar surface area (TPSA) is 91.4 Å². The van der Waals surface area contributed by atoms with Gasteiger partial charge >= 0.3 is 0 Å². The van der Waals surface area contributed by atoms with Crippen molar-refractivity contribution < 1.29 is 14.6 Å². The average Bonchev–Trinajstić information content (AvgIpc) is 3.13. The molecule has 4 rings (SSSR count). The maximum atomic E-state index is 12.8. The zero-order valence-electron chi connectivity index (χ0n) is 16.7. The van der Waals surface area contributed by atoms with E-state index in [2.05, 4.69) is 16.1 Å². The minimum Gasteiger partial charge on any atom is -0.389 e. The van der Waals surface area contributed by atoms with Crippen molar-refractivity contribution in [1.82, 2.24) is 19.3 Å². The fraction of sp³-hybridized carbons (Fsp3) is 0.476. The summed E-state index contributed by atoms with van der Waals surface area (Å²) in [6.07, 6.45) is 3.97. The number of benzene rings is 1. The number of ether oxygens (including phenoxy) is 2. The molecule has 0 spiro atoms. The van der Waals surface area contributed by atoms with E-state index in [9.17, 15) is 9.90 Å². The highest BCUT2D eigenvalue weighted by Crippen LogP contribution is 2.17. The molecule has 2 aromatic heterocycles. The van der Waals surface area contributed by atoms with E-state index in [1.165, 1.54) is 17.1 Å². The van der Waals surface area contributed by atoms with Crippen LogP contribution in [-0.4, -0.2) is 56.5 Å². The first kappa shape index (κ1) is 19.8. The zero-order chi connectivity index (χ0) is 20.4. The van der Waals surface area contributed by atoms with Crippen molar-refractivity contribution in [2.75, 3.05) is 19.8 Å². The molecule has 8 nitrogen and oxygen atoms in total. The van der Waals surface area contributed by atoms with Crippen LogP contribution in [0.2, 0.25) is 0 Å². The van der Waals surface area contributed by atoms with Crippen LogP contribution in [0.25, 0.3) is 16.7 Å². The number of aromatic nitrogens is 4. The molecule has 0 amide bonds. The third-order valence-electron chi connectivity index (χ3n) is 5.11. The van der Waals surface area contributed by atoms with Crippen molar-refractivity contribution in [3.63, 3.8) is 0 Å². The van der Waals surface area contributed by atoms with Gasteiger partial charge in [-0.05, 0) is 49.9 Å². The predicted molar refractivity (Wildman–Crippen MR) is 108 cm³/mol. The highest BCUT2D eigenvalue weighted by atomic mass is 16.5. The number of aliphatic hydroxyl groups is 1. The van der Waals surface area contributed by atoms with Crippen LogP contribution in [0, 0.1) is 13.8 Å². The Balaban J connectivity index is 1.51. The van der Waals surface area contributed by atoms with Crippen LogP contribution in [0.5, 0.6) is 0 Å². The third-order valence-corrected chi connectivity index (χ3v) is 5.11. The molecular weight excluding hydrogens is 372 g/mol. The number of aryl methyl sites for hydroxylation is 2. The molecule has 8 heteroatoms. The van der Waals surface area contributed by atoms with Crippen molar-refractivity contribution in [3.8, 4) is 5.69 Å². The van der Waals surface area contributed by atoms with Crippen LogP contribution in [0.3, 0.4) is 0 Å². The fourth-order valence-corrected chi connectivity index (χ4v) is 3.71. The first-order valence-corrected chi connectivity index (χ1v) is 9.90. The lowest BCUT2D eigenvalue weighted by Gasteiger charge is -2.23. The number of hydrogen-bond acceptors (Lipinski definition) is 6. The maximum Gasteiger partial charge on any atom is 0.264 e. The minimum atomic E-state index is -0.788. The summed E-state index contributed by atoms with van der Waals surface area (Å²) in [4.78, 5) is 17.3. The van der Waals surface area contributed by atoms with E-state index in [4.69, 9.17) is 9.47 Å². The molecule has 1 aromatic carbocycles. The van der Waals surface area contributed by atoms with E-state index < -0.39 is 6.10 Å². The lowest BCUT2D eigenvalue weighted by atomic mass is 10.1. The van der Waals surface area contributed by atoms with E-state index in [1.54, 1.807) is 4.68 Å². The molecule has 1 aliphatic heterocycles. The summed E-state index contributed by atoms with van der Waals surface area (Å²) in [5.74, 6) is 0. The third kappa shape index (κ3) is 4.39. The van der Waals surface area contributed by atoms with Crippen LogP contribution in [-0.2, 0) is 16.0 Å². The molecule has 0 aliphatic carbocycles.